The Labute approximate surface area is 140 Å². The van der Waals surface area contributed by atoms with E-state index in [2.05, 4.69) is 15.2 Å². The molecule has 3 rings (SSSR count). The lowest BCUT2D eigenvalue weighted by Crippen LogP contribution is -2.36. The molecule has 1 saturated heterocycles. The number of ether oxygens (including phenoxy) is 1. The van der Waals surface area contributed by atoms with Crippen molar-refractivity contribution in [3.05, 3.63) is 53.5 Å². The molecule has 24 heavy (non-hydrogen) atoms. The molecule has 1 N–H and O–H groups in total. The van der Waals surface area contributed by atoms with Crippen molar-refractivity contribution >= 4 is 17.4 Å². The number of amides is 1. The van der Waals surface area contributed by atoms with Crippen LogP contribution in [0.25, 0.3) is 0 Å². The third-order valence-electron chi connectivity index (χ3n) is 3.96. The second-order valence-corrected chi connectivity index (χ2v) is 5.75. The molecule has 1 aromatic heterocycles. The van der Waals surface area contributed by atoms with E-state index in [0.29, 0.717) is 18.9 Å². The molecular weight excluding hydrogens is 309 g/mol. The molecule has 0 radical (unpaired) electrons. The lowest BCUT2D eigenvalue weighted by atomic mass is 10.1. The molecule has 6 heteroatoms. The maximum atomic E-state index is 12.9. The molecule has 0 unspecified atom stereocenters. The zero-order valence-corrected chi connectivity index (χ0v) is 13.6. The molecule has 1 aromatic carbocycles. The highest BCUT2D eigenvalue weighted by atomic mass is 19.1. The van der Waals surface area contributed by atoms with Crippen LogP contribution in [0.15, 0.2) is 36.4 Å². The van der Waals surface area contributed by atoms with Crippen molar-refractivity contribution in [1.82, 2.24) is 4.98 Å². The number of benzene rings is 1. The fourth-order valence-electron chi connectivity index (χ4n) is 2.63. The lowest BCUT2D eigenvalue weighted by molar-refractivity contribution is -0.115. The van der Waals surface area contributed by atoms with Crippen LogP contribution in [0.5, 0.6) is 0 Å². The summed E-state index contributed by atoms with van der Waals surface area (Å²) in [5.74, 6) is 0.441. The fraction of sp³-hybridized carbons (Fsp3) is 0.333. The Kier molecular flexibility index (Phi) is 5.05. The largest absolute Gasteiger partial charge is 0.378 e. The van der Waals surface area contributed by atoms with Crippen molar-refractivity contribution in [2.75, 3.05) is 36.5 Å². The number of hydrogen-bond donors (Lipinski definition) is 1. The normalized spacial score (nSPS) is 14.5. The molecule has 0 saturated carbocycles. The van der Waals surface area contributed by atoms with Gasteiger partial charge in [0.2, 0.25) is 5.91 Å². The molecule has 1 amide bonds. The standard InChI is InChI=1S/C18H20FN3O2/c1-13-16(6-7-17(20-13)22-8-10-24-11-9-22)21-18(23)12-14-2-4-15(19)5-3-14/h2-7H,8-12H2,1H3,(H,21,23). The molecule has 126 valence electrons. The number of hydrogen-bond acceptors (Lipinski definition) is 4. The van der Waals surface area contributed by atoms with Gasteiger partial charge in [-0.3, -0.25) is 4.79 Å². The second-order valence-electron chi connectivity index (χ2n) is 5.75. The quantitative estimate of drug-likeness (QED) is 0.937. The van der Waals surface area contributed by atoms with Crippen molar-refractivity contribution in [2.24, 2.45) is 0 Å². The highest BCUT2D eigenvalue weighted by Gasteiger charge is 2.14. The minimum absolute atomic E-state index is 0.148. The van der Waals surface area contributed by atoms with Gasteiger partial charge in [-0.1, -0.05) is 12.1 Å². The van der Waals surface area contributed by atoms with Crippen LogP contribution < -0.4 is 10.2 Å². The van der Waals surface area contributed by atoms with Crippen molar-refractivity contribution in [2.45, 2.75) is 13.3 Å². The highest BCUT2D eigenvalue weighted by Crippen LogP contribution is 2.20. The van der Waals surface area contributed by atoms with Gasteiger partial charge >= 0.3 is 0 Å². The van der Waals surface area contributed by atoms with E-state index in [1.807, 2.05) is 19.1 Å². The number of morpholine rings is 1. The Morgan fingerprint density at radius 2 is 1.92 bits per heavy atom. The van der Waals surface area contributed by atoms with E-state index in [-0.39, 0.29) is 18.1 Å². The van der Waals surface area contributed by atoms with Gasteiger partial charge in [-0.15, -0.1) is 0 Å². The summed E-state index contributed by atoms with van der Waals surface area (Å²) in [6, 6.07) is 9.71. The number of rotatable bonds is 4. The molecule has 2 aromatic rings. The molecule has 0 atom stereocenters. The number of nitrogens with one attached hydrogen (secondary N) is 1. The summed E-state index contributed by atoms with van der Waals surface area (Å²) in [5.41, 5.74) is 2.23. The number of halogens is 1. The van der Waals surface area contributed by atoms with E-state index < -0.39 is 0 Å². The molecule has 0 bridgehead atoms. The molecule has 5 nitrogen and oxygen atoms in total. The van der Waals surface area contributed by atoms with E-state index in [4.69, 9.17) is 4.74 Å². The first-order chi connectivity index (χ1) is 11.6. The van der Waals surface area contributed by atoms with Crippen LogP contribution in [0.3, 0.4) is 0 Å². The monoisotopic (exact) mass is 329 g/mol. The summed E-state index contributed by atoms with van der Waals surface area (Å²) in [6.45, 7) is 4.93. The Bertz CT molecular complexity index is 713. The number of carbonyl (C=O) groups is 1. The van der Waals surface area contributed by atoms with E-state index in [0.717, 1.165) is 30.2 Å². The first-order valence-electron chi connectivity index (χ1n) is 7.96. The summed E-state index contributed by atoms with van der Waals surface area (Å²) >= 11 is 0. The Morgan fingerprint density at radius 1 is 1.21 bits per heavy atom. The van der Waals surface area contributed by atoms with Crippen LogP contribution in [-0.4, -0.2) is 37.2 Å². The van der Waals surface area contributed by atoms with Crippen molar-refractivity contribution in [3.8, 4) is 0 Å². The molecule has 1 aliphatic rings. The third-order valence-corrected chi connectivity index (χ3v) is 3.96. The van der Waals surface area contributed by atoms with E-state index in [9.17, 15) is 9.18 Å². The minimum atomic E-state index is -0.307. The molecule has 0 aliphatic carbocycles. The van der Waals surface area contributed by atoms with Gasteiger partial charge in [-0.05, 0) is 36.8 Å². The van der Waals surface area contributed by atoms with E-state index in [1.165, 1.54) is 12.1 Å². The first kappa shape index (κ1) is 16.4. The number of carbonyl (C=O) groups excluding carboxylic acids is 1. The summed E-state index contributed by atoms with van der Waals surface area (Å²) in [4.78, 5) is 18.9. The van der Waals surface area contributed by atoms with Gasteiger partial charge in [0.25, 0.3) is 0 Å². The minimum Gasteiger partial charge on any atom is -0.378 e. The van der Waals surface area contributed by atoms with Crippen LogP contribution in [0.4, 0.5) is 15.9 Å². The van der Waals surface area contributed by atoms with Gasteiger partial charge in [-0.2, -0.15) is 0 Å². The van der Waals surface area contributed by atoms with Crippen LogP contribution in [0.1, 0.15) is 11.3 Å². The molecule has 1 fully saturated rings. The SMILES string of the molecule is Cc1nc(N2CCOCC2)ccc1NC(=O)Cc1ccc(F)cc1. The van der Waals surface area contributed by atoms with Gasteiger partial charge < -0.3 is 15.0 Å². The van der Waals surface area contributed by atoms with Crippen molar-refractivity contribution in [3.63, 3.8) is 0 Å². The first-order valence-corrected chi connectivity index (χ1v) is 7.96. The molecular formula is C18H20FN3O2. The number of anilines is 2. The predicted molar refractivity (Wildman–Crippen MR) is 90.7 cm³/mol. The van der Waals surface area contributed by atoms with Gasteiger partial charge in [0, 0.05) is 13.1 Å². The smallest absolute Gasteiger partial charge is 0.228 e. The summed E-state index contributed by atoms with van der Waals surface area (Å²) in [7, 11) is 0. The maximum absolute atomic E-state index is 12.9. The highest BCUT2D eigenvalue weighted by molar-refractivity contribution is 5.92. The number of aryl methyl sites for hydroxylation is 1. The molecule has 0 spiro atoms. The van der Waals surface area contributed by atoms with Crippen LogP contribution in [-0.2, 0) is 16.0 Å². The topological polar surface area (TPSA) is 54.5 Å². The van der Waals surface area contributed by atoms with E-state index in [1.54, 1.807) is 12.1 Å². The zero-order chi connectivity index (χ0) is 16.9. The van der Waals surface area contributed by atoms with Gasteiger partial charge in [0.1, 0.15) is 11.6 Å². The second kappa shape index (κ2) is 7.40. The predicted octanol–water partition coefficient (Wildman–Crippen LogP) is 2.55. The zero-order valence-electron chi connectivity index (χ0n) is 13.6. The number of pyridine rings is 1. The van der Waals surface area contributed by atoms with Gasteiger partial charge in [0.15, 0.2) is 0 Å². The lowest BCUT2D eigenvalue weighted by Gasteiger charge is -2.28. The van der Waals surface area contributed by atoms with Crippen LogP contribution in [0, 0.1) is 12.7 Å². The van der Waals surface area contributed by atoms with Gasteiger partial charge in [-0.25, -0.2) is 9.37 Å². The van der Waals surface area contributed by atoms with Crippen molar-refractivity contribution < 1.29 is 13.9 Å². The Morgan fingerprint density at radius 3 is 2.58 bits per heavy atom. The summed E-state index contributed by atoms with van der Waals surface area (Å²) in [6.07, 6.45) is 0.199. The third kappa shape index (κ3) is 4.08. The number of nitrogens with zero attached hydrogens (tertiary/aromatic N) is 2. The van der Waals surface area contributed by atoms with Crippen LogP contribution >= 0.6 is 0 Å². The van der Waals surface area contributed by atoms with E-state index >= 15 is 0 Å². The molecule has 2 heterocycles. The van der Waals surface area contributed by atoms with Gasteiger partial charge in [0.05, 0.1) is 31.0 Å². The van der Waals surface area contributed by atoms with Crippen molar-refractivity contribution in [1.29, 1.82) is 0 Å². The Balaban J connectivity index is 1.64. The van der Waals surface area contributed by atoms with Crippen LogP contribution in [0.2, 0.25) is 0 Å². The maximum Gasteiger partial charge on any atom is 0.228 e. The number of aromatic nitrogens is 1. The molecule has 1 aliphatic heterocycles. The average Bonchev–Trinajstić information content (AvgIpc) is 2.59. The fourth-order valence-corrected chi connectivity index (χ4v) is 2.63. The Hall–Kier alpha value is -2.47. The average molecular weight is 329 g/mol. The summed E-state index contributed by atoms with van der Waals surface area (Å²) < 4.78 is 18.2. The summed E-state index contributed by atoms with van der Waals surface area (Å²) in [5, 5.41) is 2.87.